The maximum atomic E-state index is 3.94. The molecule has 1 heterocycles. The van der Waals surface area contributed by atoms with E-state index in [1.54, 1.807) is 0 Å². The predicted octanol–water partition coefficient (Wildman–Crippen LogP) is 2.54. The minimum absolute atomic E-state index is 0. The molecule has 5 heteroatoms. The quantitative estimate of drug-likeness (QED) is 0.473. The topological polar surface area (TPSA) is 48.1 Å². The Kier molecular flexibility index (Phi) is 9.75. The zero-order chi connectivity index (χ0) is 16.8. The summed E-state index contributed by atoms with van der Waals surface area (Å²) in [7, 11) is 0. The van der Waals surface area contributed by atoms with Crippen LogP contribution in [0.25, 0.3) is 0 Å². The average Bonchev–Trinajstić information content (AvgIpc) is 2.57. The molecule has 149 valence electrons. The van der Waals surface area contributed by atoms with Gasteiger partial charge in [0.1, 0.15) is 0 Å². The fourth-order valence-electron chi connectivity index (χ4n) is 5.02. The number of hydrogen-bond acceptors (Lipinski definition) is 4. The van der Waals surface area contributed by atoms with Crippen molar-refractivity contribution in [3.8, 4) is 0 Å². The monoisotopic (exact) mass is 399 g/mol. The first-order valence-electron chi connectivity index (χ1n) is 10.7. The van der Waals surface area contributed by atoms with E-state index in [1.165, 1.54) is 64.2 Å². The molecular formula is C20H40CuN4+2. The van der Waals surface area contributed by atoms with E-state index in [4.69, 9.17) is 0 Å². The molecule has 2 aliphatic carbocycles. The molecule has 0 spiro atoms. The largest absolute Gasteiger partial charge is 2.00 e. The first kappa shape index (κ1) is 21.7. The van der Waals surface area contributed by atoms with E-state index in [1.807, 2.05) is 0 Å². The average molecular weight is 400 g/mol. The Balaban J connectivity index is 0.00000225. The Bertz CT molecular complexity index is 334. The third-order valence-corrected chi connectivity index (χ3v) is 6.50. The molecule has 0 bridgehead atoms. The Hall–Kier alpha value is 0.359. The third kappa shape index (κ3) is 6.79. The van der Waals surface area contributed by atoms with Gasteiger partial charge >= 0.3 is 17.1 Å². The maximum absolute atomic E-state index is 3.94. The summed E-state index contributed by atoms with van der Waals surface area (Å²) in [6, 6.07) is 3.91. The molecular weight excluding hydrogens is 360 g/mol. The van der Waals surface area contributed by atoms with Crippen molar-refractivity contribution in [1.29, 1.82) is 0 Å². The molecule has 4 nitrogen and oxygen atoms in total. The third-order valence-electron chi connectivity index (χ3n) is 6.50. The van der Waals surface area contributed by atoms with Crippen LogP contribution < -0.4 is 21.3 Å². The summed E-state index contributed by atoms with van der Waals surface area (Å²) in [6.45, 7) is 7.04. The van der Waals surface area contributed by atoms with Gasteiger partial charge in [0.05, 0.1) is 0 Å². The van der Waals surface area contributed by atoms with Crippen LogP contribution >= 0.6 is 0 Å². The molecule has 1 aliphatic heterocycles. The van der Waals surface area contributed by atoms with Crippen molar-refractivity contribution < 1.29 is 17.1 Å². The van der Waals surface area contributed by atoms with E-state index >= 15 is 0 Å². The summed E-state index contributed by atoms with van der Waals surface area (Å²) >= 11 is 0. The van der Waals surface area contributed by atoms with Gasteiger partial charge in [-0.25, -0.2) is 0 Å². The molecule has 2 saturated carbocycles. The van der Waals surface area contributed by atoms with Gasteiger partial charge in [-0.05, 0) is 65.5 Å². The van der Waals surface area contributed by atoms with Crippen LogP contribution in [-0.4, -0.2) is 49.3 Å². The van der Waals surface area contributed by atoms with E-state index in [-0.39, 0.29) is 17.1 Å². The number of nitrogens with one attached hydrogen (secondary N) is 4. The molecule has 1 radical (unpaired) electrons. The van der Waals surface area contributed by atoms with Crippen LogP contribution in [0.4, 0.5) is 0 Å². The van der Waals surface area contributed by atoms with Crippen molar-refractivity contribution in [1.82, 2.24) is 21.3 Å². The Morgan fingerprint density at radius 3 is 1.28 bits per heavy atom. The summed E-state index contributed by atoms with van der Waals surface area (Å²) in [4.78, 5) is 0. The molecule has 3 rings (SSSR count). The summed E-state index contributed by atoms with van der Waals surface area (Å²) in [5.41, 5.74) is 0. The van der Waals surface area contributed by atoms with Crippen LogP contribution in [0.5, 0.6) is 0 Å². The molecule has 0 aromatic rings. The van der Waals surface area contributed by atoms with E-state index in [9.17, 15) is 0 Å². The van der Waals surface area contributed by atoms with E-state index < -0.39 is 0 Å². The molecule has 0 aromatic carbocycles. The SMILES string of the molecule is CC1CCNC2CCCCC2NC(C)CCNC2CCCCC2N1.[Cu+2]. The van der Waals surface area contributed by atoms with Gasteiger partial charge in [0.25, 0.3) is 0 Å². The van der Waals surface area contributed by atoms with Gasteiger partial charge in [0.15, 0.2) is 0 Å². The summed E-state index contributed by atoms with van der Waals surface area (Å²) < 4.78 is 0. The zero-order valence-electron chi connectivity index (χ0n) is 16.3. The molecule has 3 aliphatic rings. The molecule has 25 heavy (non-hydrogen) atoms. The minimum atomic E-state index is 0. The molecule has 1 saturated heterocycles. The normalized spacial score (nSPS) is 41.5. The van der Waals surface area contributed by atoms with Crippen LogP contribution in [-0.2, 0) is 17.1 Å². The van der Waals surface area contributed by atoms with Crippen molar-refractivity contribution in [2.24, 2.45) is 0 Å². The molecule has 0 amide bonds. The summed E-state index contributed by atoms with van der Waals surface area (Å²) in [5, 5.41) is 15.6. The van der Waals surface area contributed by atoms with E-state index in [2.05, 4.69) is 35.1 Å². The second-order valence-corrected chi connectivity index (χ2v) is 8.62. The van der Waals surface area contributed by atoms with Crippen molar-refractivity contribution in [2.75, 3.05) is 13.1 Å². The number of rotatable bonds is 0. The van der Waals surface area contributed by atoms with Gasteiger partial charge in [-0.1, -0.05) is 25.7 Å². The Labute approximate surface area is 165 Å². The number of fused-ring (bicyclic) bond motifs is 2. The smallest absolute Gasteiger partial charge is 0.312 e. The Morgan fingerprint density at radius 2 is 0.880 bits per heavy atom. The molecule has 6 atom stereocenters. The first-order chi connectivity index (χ1) is 11.7. The number of hydrogen-bond donors (Lipinski definition) is 4. The van der Waals surface area contributed by atoms with Gasteiger partial charge in [-0.15, -0.1) is 0 Å². The molecule has 4 N–H and O–H groups in total. The van der Waals surface area contributed by atoms with Gasteiger partial charge in [-0.3, -0.25) is 0 Å². The van der Waals surface area contributed by atoms with Crippen LogP contribution in [0.15, 0.2) is 0 Å². The van der Waals surface area contributed by atoms with Crippen molar-refractivity contribution in [2.45, 2.75) is 114 Å². The standard InChI is InChI=1S/C20H40N4.Cu/c1-15-11-13-21-18-8-4-6-10-20(18)24-16(2)12-14-22-17-7-3-5-9-19(17)23-15;/h15-24H,3-14H2,1-2H3;/q;+2. The minimum Gasteiger partial charge on any atom is -0.312 e. The van der Waals surface area contributed by atoms with E-state index in [0.29, 0.717) is 36.3 Å². The van der Waals surface area contributed by atoms with Crippen molar-refractivity contribution >= 4 is 0 Å². The van der Waals surface area contributed by atoms with Crippen LogP contribution in [0.2, 0.25) is 0 Å². The van der Waals surface area contributed by atoms with Crippen molar-refractivity contribution in [3.05, 3.63) is 0 Å². The maximum Gasteiger partial charge on any atom is 2.00 e. The molecule has 3 fully saturated rings. The summed E-state index contributed by atoms with van der Waals surface area (Å²) in [5.74, 6) is 0. The first-order valence-corrected chi connectivity index (χ1v) is 10.7. The predicted molar refractivity (Wildman–Crippen MR) is 103 cm³/mol. The van der Waals surface area contributed by atoms with Crippen LogP contribution in [0, 0.1) is 0 Å². The van der Waals surface area contributed by atoms with E-state index in [0.717, 1.165) is 13.1 Å². The van der Waals surface area contributed by atoms with Gasteiger partial charge in [-0.2, -0.15) is 0 Å². The fraction of sp³-hybridized carbons (Fsp3) is 1.00. The van der Waals surface area contributed by atoms with Gasteiger partial charge in [0, 0.05) is 36.3 Å². The van der Waals surface area contributed by atoms with Crippen molar-refractivity contribution in [3.63, 3.8) is 0 Å². The molecule has 0 aromatic heterocycles. The second kappa shape index (κ2) is 11.3. The molecule has 6 unspecified atom stereocenters. The Morgan fingerprint density at radius 1 is 0.520 bits per heavy atom. The summed E-state index contributed by atoms with van der Waals surface area (Å²) in [6.07, 6.45) is 13.4. The van der Waals surface area contributed by atoms with Crippen LogP contribution in [0.1, 0.15) is 78.1 Å². The fourth-order valence-corrected chi connectivity index (χ4v) is 5.02. The second-order valence-electron chi connectivity index (χ2n) is 8.62. The zero-order valence-corrected chi connectivity index (χ0v) is 17.2. The van der Waals surface area contributed by atoms with Gasteiger partial charge in [0.2, 0.25) is 0 Å². The van der Waals surface area contributed by atoms with Gasteiger partial charge < -0.3 is 21.3 Å². The van der Waals surface area contributed by atoms with Crippen LogP contribution in [0.3, 0.4) is 0 Å².